The summed E-state index contributed by atoms with van der Waals surface area (Å²) in [5.41, 5.74) is -0.0850. The summed E-state index contributed by atoms with van der Waals surface area (Å²) < 4.78 is 46.6. The van der Waals surface area contributed by atoms with Crippen molar-refractivity contribution in [2.45, 2.75) is 182 Å². The monoisotopic (exact) mass is 858 g/mol. The molecule has 4 aliphatic carbocycles. The van der Waals surface area contributed by atoms with Gasteiger partial charge >= 0.3 is 5.97 Å². The number of fused-ring (bicyclic) bond motifs is 5. The van der Waals surface area contributed by atoms with E-state index in [1.165, 1.54) is 7.11 Å². The second-order valence-electron chi connectivity index (χ2n) is 19.4. The minimum Gasteiger partial charge on any atom is -0.458 e. The smallest absolute Gasteiger partial charge is 0.331 e. The van der Waals surface area contributed by atoms with Crippen LogP contribution in [0.1, 0.15) is 78.6 Å². The van der Waals surface area contributed by atoms with Crippen LogP contribution in [0.2, 0.25) is 0 Å². The summed E-state index contributed by atoms with van der Waals surface area (Å²) in [6, 6.07) is 0. The lowest BCUT2D eigenvalue weighted by Gasteiger charge is -2.64. The van der Waals surface area contributed by atoms with Gasteiger partial charge in [0.15, 0.2) is 18.9 Å². The van der Waals surface area contributed by atoms with E-state index in [-0.39, 0.29) is 34.7 Å². The largest absolute Gasteiger partial charge is 0.458 e. The lowest BCUT2D eigenvalue weighted by Crippen LogP contribution is -2.65. The van der Waals surface area contributed by atoms with E-state index in [4.69, 9.17) is 37.9 Å². The normalized spacial score (nSPS) is 54.4. The third kappa shape index (κ3) is 7.50. The summed E-state index contributed by atoms with van der Waals surface area (Å²) in [5.74, 6) is 0.725. The Balaban J connectivity index is 0.875. The zero-order valence-electron chi connectivity index (χ0n) is 34.8. The van der Waals surface area contributed by atoms with Gasteiger partial charge in [0.1, 0.15) is 73.8 Å². The zero-order chi connectivity index (χ0) is 43.1. The fourth-order valence-corrected chi connectivity index (χ4v) is 13.0. The van der Waals surface area contributed by atoms with Crippen LogP contribution in [0.4, 0.5) is 0 Å². The number of hydrogen-bond donors (Lipinski definition) is 9. The highest BCUT2D eigenvalue weighted by atomic mass is 16.8. The second kappa shape index (κ2) is 17.2. The predicted octanol–water partition coefficient (Wildman–Crippen LogP) is -1.24. The first kappa shape index (κ1) is 45.1. The number of carbonyl (C=O) groups excluding carboxylic acids is 1. The van der Waals surface area contributed by atoms with E-state index in [1.54, 1.807) is 13.0 Å². The molecule has 8 aliphatic rings. The van der Waals surface area contributed by atoms with Crippen LogP contribution in [-0.4, -0.2) is 183 Å². The Morgan fingerprint density at radius 2 is 1.42 bits per heavy atom. The van der Waals surface area contributed by atoms with Crippen molar-refractivity contribution < 1.29 is 88.6 Å². The summed E-state index contributed by atoms with van der Waals surface area (Å²) in [6.07, 6.45) is -11.9. The highest BCUT2D eigenvalue weighted by Crippen LogP contribution is 2.70. The molecule has 0 amide bonds. The molecule has 4 heterocycles. The summed E-state index contributed by atoms with van der Waals surface area (Å²) in [4.78, 5) is 12.0. The Kier molecular flexibility index (Phi) is 12.9. The van der Waals surface area contributed by atoms with Gasteiger partial charge in [-0.15, -0.1) is 0 Å². The van der Waals surface area contributed by atoms with Crippen LogP contribution in [0.15, 0.2) is 11.6 Å². The van der Waals surface area contributed by atoms with Crippen LogP contribution in [0.25, 0.3) is 0 Å². The van der Waals surface area contributed by atoms with Crippen molar-refractivity contribution in [2.75, 3.05) is 26.9 Å². The second-order valence-corrected chi connectivity index (χ2v) is 19.4. The van der Waals surface area contributed by atoms with E-state index >= 15 is 0 Å². The van der Waals surface area contributed by atoms with Crippen molar-refractivity contribution in [3.05, 3.63) is 11.6 Å². The van der Waals surface area contributed by atoms with E-state index in [1.807, 2.05) is 0 Å². The zero-order valence-corrected chi connectivity index (χ0v) is 34.8. The molecule has 7 fully saturated rings. The topological polar surface area (TPSA) is 273 Å². The number of methoxy groups -OCH3 is 1. The molecular formula is C42H66O18. The first-order chi connectivity index (χ1) is 28.4. The van der Waals surface area contributed by atoms with Crippen LogP contribution in [0.3, 0.4) is 0 Å². The van der Waals surface area contributed by atoms with Gasteiger partial charge in [-0.25, -0.2) is 4.79 Å². The number of esters is 1. The summed E-state index contributed by atoms with van der Waals surface area (Å²) in [6.45, 7) is 5.42. The third-order valence-electron chi connectivity index (χ3n) is 16.5. The molecule has 0 radical (unpaired) electrons. The quantitative estimate of drug-likeness (QED) is 0.0918. The summed E-state index contributed by atoms with van der Waals surface area (Å²) >= 11 is 0. The Morgan fingerprint density at radius 3 is 2.10 bits per heavy atom. The van der Waals surface area contributed by atoms with Gasteiger partial charge in [-0.2, -0.15) is 0 Å². The molecule has 0 aromatic carbocycles. The lowest BCUT2D eigenvalue weighted by atomic mass is 9.43. The molecule has 4 aliphatic heterocycles. The number of hydrogen-bond acceptors (Lipinski definition) is 18. The summed E-state index contributed by atoms with van der Waals surface area (Å²) in [5, 5.41) is 96.6. The first-order valence-electron chi connectivity index (χ1n) is 21.8. The maximum absolute atomic E-state index is 12.6. The first-order valence-corrected chi connectivity index (χ1v) is 21.8. The minimum absolute atomic E-state index is 0.00760. The molecule has 9 N–H and O–H groups in total. The van der Waals surface area contributed by atoms with Crippen LogP contribution in [-0.2, 0) is 42.7 Å². The van der Waals surface area contributed by atoms with E-state index < -0.39 is 111 Å². The van der Waals surface area contributed by atoms with Gasteiger partial charge in [0.05, 0.1) is 31.0 Å². The molecule has 4 saturated carbocycles. The molecule has 0 bridgehead atoms. The highest BCUT2D eigenvalue weighted by molar-refractivity contribution is 5.85. The van der Waals surface area contributed by atoms with Crippen molar-refractivity contribution in [3.8, 4) is 0 Å². The maximum Gasteiger partial charge on any atom is 0.331 e. The highest BCUT2D eigenvalue weighted by Gasteiger charge is 2.68. The van der Waals surface area contributed by atoms with Crippen LogP contribution in [0, 0.1) is 34.5 Å². The summed E-state index contributed by atoms with van der Waals surface area (Å²) in [7, 11) is 1.39. The van der Waals surface area contributed by atoms with Crippen LogP contribution in [0.5, 0.6) is 0 Å². The van der Waals surface area contributed by atoms with Gasteiger partial charge in [0.2, 0.25) is 0 Å². The molecule has 342 valence electrons. The number of aliphatic hydroxyl groups excluding tert-OH is 8. The van der Waals surface area contributed by atoms with Crippen molar-refractivity contribution >= 4 is 5.97 Å². The maximum atomic E-state index is 12.6. The molecular weight excluding hydrogens is 792 g/mol. The molecule has 8 rings (SSSR count). The van der Waals surface area contributed by atoms with Gasteiger partial charge in [0.25, 0.3) is 0 Å². The molecule has 3 saturated heterocycles. The Hall–Kier alpha value is -1.43. The fraction of sp³-hybridized carbons (Fsp3) is 0.929. The van der Waals surface area contributed by atoms with Gasteiger partial charge in [-0.05, 0) is 99.4 Å². The molecule has 0 spiro atoms. The van der Waals surface area contributed by atoms with Crippen molar-refractivity contribution in [1.29, 1.82) is 0 Å². The van der Waals surface area contributed by atoms with Gasteiger partial charge < -0.3 is 83.9 Å². The van der Waals surface area contributed by atoms with Gasteiger partial charge in [-0.1, -0.05) is 13.8 Å². The number of ether oxygens (including phenoxy) is 8. The van der Waals surface area contributed by atoms with E-state index in [0.717, 1.165) is 63.4 Å². The van der Waals surface area contributed by atoms with E-state index in [0.29, 0.717) is 18.4 Å². The van der Waals surface area contributed by atoms with Crippen molar-refractivity contribution in [1.82, 2.24) is 0 Å². The van der Waals surface area contributed by atoms with Crippen molar-refractivity contribution in [2.24, 2.45) is 34.5 Å². The minimum atomic E-state index is -1.77. The molecule has 0 aromatic rings. The van der Waals surface area contributed by atoms with Gasteiger partial charge in [0, 0.05) is 18.6 Å². The lowest BCUT2D eigenvalue weighted by molar-refractivity contribution is -0.367. The fourth-order valence-electron chi connectivity index (χ4n) is 13.0. The van der Waals surface area contributed by atoms with Crippen molar-refractivity contribution in [3.63, 3.8) is 0 Å². The van der Waals surface area contributed by atoms with Crippen LogP contribution < -0.4 is 0 Å². The number of aliphatic hydroxyl groups is 9. The number of carbonyl (C=O) groups is 1. The van der Waals surface area contributed by atoms with Crippen LogP contribution >= 0.6 is 0 Å². The Morgan fingerprint density at radius 1 is 0.733 bits per heavy atom. The Labute approximate surface area is 349 Å². The molecule has 23 atom stereocenters. The molecule has 18 heteroatoms. The predicted molar refractivity (Wildman–Crippen MR) is 203 cm³/mol. The average molecular weight is 859 g/mol. The molecule has 0 unspecified atom stereocenters. The average Bonchev–Trinajstić information content (AvgIpc) is 3.78. The standard InChI is InChI=1S/C42H66O18/c1-18-35(60-38-33(50)31(48)29(46)26(59-38)17-55-37-32(49)30(47)28(45)25(15-43)58-37)36(53-4)34(51)39(56-18)57-21-7-10-40(2)20(14-21)5-6-24-23(40)8-11-41(3)22(9-12-42(24,41)52)19-13-27(44)54-16-19/h13,18,20-26,28-39,43,45-52H,5-12,14-17H2,1-4H3/t18-,20+,21-,22+,23-,24+,25+,26-,28+,29-,30-,31+,32+,33-,34+,35-,36-,37+,38+,39-,40-,41+,42-/m0/s1. The molecule has 18 nitrogen and oxygen atoms in total. The third-order valence-corrected chi connectivity index (χ3v) is 16.5. The molecule has 60 heavy (non-hydrogen) atoms. The SMILES string of the molecule is CO[C@H]1[C@@H](O)[C@H](O[C@H]2CC[C@@]3(C)[C@H](CC[C@@H]4[C@@H]3CC[C@]3(C)[C@@H](C5=CC(=O)OC5)CC[C@]43O)C2)O[C@@H](C)[C@@H]1O[C@H]1O[C@@H](CO[C@@H]2O[C@H](CO)[C@@H](O)[C@H](O)[C@H]2O)[C@H](O)[C@@H](O)[C@@H]1O. The number of cyclic esters (lactones) is 1. The van der Waals surface area contributed by atoms with Gasteiger partial charge in [-0.3, -0.25) is 0 Å². The van der Waals surface area contributed by atoms with E-state index in [2.05, 4.69) is 13.8 Å². The number of rotatable bonds is 10. The van der Waals surface area contributed by atoms with E-state index in [9.17, 15) is 50.8 Å². The Bertz CT molecular complexity index is 1570. The molecule has 0 aromatic heterocycles.